The van der Waals surface area contributed by atoms with Gasteiger partial charge in [-0.25, -0.2) is 4.39 Å². The van der Waals surface area contributed by atoms with Gasteiger partial charge in [-0.15, -0.1) is 0 Å². The molecule has 0 aromatic heterocycles. The molecule has 6 rings (SSSR count). The summed E-state index contributed by atoms with van der Waals surface area (Å²) in [5.74, 6) is 2.03. The first-order valence-corrected chi connectivity index (χ1v) is 14.7. The highest BCUT2D eigenvalue weighted by atomic mass is 32.2. The Hall–Kier alpha value is -2.61. The monoisotopic (exact) mass is 529 g/mol. The number of hydrogen-bond acceptors (Lipinski definition) is 5. The van der Waals surface area contributed by atoms with Crippen molar-refractivity contribution < 1.29 is 26.5 Å². The summed E-state index contributed by atoms with van der Waals surface area (Å²) in [5, 5.41) is 0. The lowest BCUT2D eigenvalue weighted by molar-refractivity contribution is -0.160. The van der Waals surface area contributed by atoms with Gasteiger partial charge in [-0.1, -0.05) is 13.0 Å². The van der Waals surface area contributed by atoms with Crippen molar-refractivity contribution in [2.45, 2.75) is 76.3 Å². The molecule has 4 fully saturated rings. The molecule has 2 aromatic rings. The average molecular weight is 530 g/mol. The Labute approximate surface area is 219 Å². The largest absolute Gasteiger partial charge is 0.493 e. The third kappa shape index (κ3) is 5.09. The van der Waals surface area contributed by atoms with E-state index in [0.717, 1.165) is 55.5 Å². The van der Waals surface area contributed by atoms with Crippen molar-refractivity contribution in [3.63, 3.8) is 0 Å². The molecule has 0 aliphatic heterocycles. The summed E-state index contributed by atoms with van der Waals surface area (Å²) in [4.78, 5) is 16.0. The number of rotatable bonds is 9. The van der Waals surface area contributed by atoms with Crippen molar-refractivity contribution in [3.05, 3.63) is 53.8 Å². The van der Waals surface area contributed by atoms with E-state index in [1.54, 1.807) is 12.1 Å². The molecule has 1 amide bonds. The number of halogens is 1. The lowest BCUT2D eigenvalue weighted by Gasteiger charge is -2.57. The smallest absolute Gasteiger partial charge is 0.339 e. The molecule has 0 spiro atoms. The van der Waals surface area contributed by atoms with E-state index in [-0.39, 0.29) is 33.8 Å². The zero-order valence-electron chi connectivity index (χ0n) is 21.8. The molecular weight excluding hydrogens is 493 g/mol. The van der Waals surface area contributed by atoms with Crippen LogP contribution in [0.2, 0.25) is 0 Å². The summed E-state index contributed by atoms with van der Waals surface area (Å²) in [6.07, 6.45) is 7.65. The highest BCUT2D eigenvalue weighted by Crippen LogP contribution is 2.60. The Kier molecular flexibility index (Phi) is 6.98. The summed E-state index contributed by atoms with van der Waals surface area (Å²) in [7, 11) is -2.76. The van der Waals surface area contributed by atoms with E-state index in [0.29, 0.717) is 24.3 Å². The minimum Gasteiger partial charge on any atom is -0.493 e. The molecule has 200 valence electrons. The maximum atomic E-state index is 14.2. The van der Waals surface area contributed by atoms with Crippen LogP contribution in [0.5, 0.6) is 11.5 Å². The molecule has 37 heavy (non-hydrogen) atoms. The number of methoxy groups -OCH3 is 1. The van der Waals surface area contributed by atoms with Gasteiger partial charge in [0, 0.05) is 12.6 Å². The summed E-state index contributed by atoms with van der Waals surface area (Å²) in [6, 6.07) is 9.66. The van der Waals surface area contributed by atoms with Gasteiger partial charge in [-0.2, -0.15) is 8.42 Å². The van der Waals surface area contributed by atoms with E-state index in [1.165, 1.54) is 26.4 Å². The minimum absolute atomic E-state index is 0.0377. The number of amides is 1. The highest BCUT2D eigenvalue weighted by Gasteiger charge is 2.55. The molecule has 4 aliphatic carbocycles. The number of benzene rings is 2. The molecule has 1 unspecified atom stereocenters. The fourth-order valence-electron chi connectivity index (χ4n) is 7.17. The average Bonchev–Trinajstić information content (AvgIpc) is 2.86. The van der Waals surface area contributed by atoms with Gasteiger partial charge in [-0.05, 0) is 112 Å². The van der Waals surface area contributed by atoms with Crippen LogP contribution in [-0.4, -0.2) is 32.4 Å². The third-order valence-electron chi connectivity index (χ3n) is 8.76. The van der Waals surface area contributed by atoms with Gasteiger partial charge in [0.2, 0.25) is 5.91 Å². The molecule has 4 aliphatic rings. The fraction of sp³-hybridized carbons (Fsp3) is 0.552. The maximum absolute atomic E-state index is 14.2. The van der Waals surface area contributed by atoms with E-state index < -0.39 is 15.9 Å². The quantitative estimate of drug-likeness (QED) is 0.376. The SMILES string of the molecule is CCC(C)N(Cc1ccc(OC)c(OS(=O)(=O)c2ccc(F)cc2)c1)C(=O)C12CC3CC(CC(C3)C1)C2. The standard InChI is InChI=1S/C29H36FNO5S/c1-4-19(2)31(28(32)29-15-21-11-22(16-29)13-23(12-21)17-29)18-20-5-10-26(35-3)27(14-20)36-37(33,34)25-8-6-24(30)7-9-25/h5-10,14,19,21-23H,4,11-13,15-18H2,1-3H3. The number of hydrogen-bond donors (Lipinski definition) is 0. The number of carbonyl (C=O) groups excluding carboxylic acids is 1. The number of ether oxygens (including phenoxy) is 1. The summed E-state index contributed by atoms with van der Waals surface area (Å²) >= 11 is 0. The molecule has 4 bridgehead atoms. The Morgan fingerprint density at radius 2 is 1.62 bits per heavy atom. The normalized spacial score (nSPS) is 27.1. The van der Waals surface area contributed by atoms with Gasteiger partial charge in [-0.3, -0.25) is 4.79 Å². The van der Waals surface area contributed by atoms with Crippen LogP contribution in [0.1, 0.15) is 64.4 Å². The van der Waals surface area contributed by atoms with Gasteiger partial charge >= 0.3 is 10.1 Å². The van der Waals surface area contributed by atoms with Crippen LogP contribution >= 0.6 is 0 Å². The maximum Gasteiger partial charge on any atom is 0.339 e. The van der Waals surface area contributed by atoms with E-state index in [1.807, 2.05) is 11.0 Å². The van der Waals surface area contributed by atoms with Crippen molar-refractivity contribution in [3.8, 4) is 11.5 Å². The summed E-state index contributed by atoms with van der Waals surface area (Å²) < 4.78 is 49.8. The van der Waals surface area contributed by atoms with Crippen LogP contribution < -0.4 is 8.92 Å². The van der Waals surface area contributed by atoms with Crippen molar-refractivity contribution in [2.24, 2.45) is 23.2 Å². The zero-order chi connectivity index (χ0) is 26.4. The number of carbonyl (C=O) groups is 1. The Morgan fingerprint density at radius 1 is 1.03 bits per heavy atom. The Bertz CT molecular complexity index is 1220. The molecule has 8 heteroatoms. The summed E-state index contributed by atoms with van der Waals surface area (Å²) in [5.41, 5.74) is 0.513. The highest BCUT2D eigenvalue weighted by molar-refractivity contribution is 7.87. The first kappa shape index (κ1) is 26.0. The second-order valence-corrected chi connectivity index (χ2v) is 12.9. The van der Waals surface area contributed by atoms with Crippen molar-refractivity contribution in [2.75, 3.05) is 7.11 Å². The van der Waals surface area contributed by atoms with Crippen LogP contribution in [0.15, 0.2) is 47.4 Å². The van der Waals surface area contributed by atoms with Gasteiger partial charge in [0.05, 0.1) is 12.5 Å². The van der Waals surface area contributed by atoms with Gasteiger partial charge in [0.1, 0.15) is 10.7 Å². The first-order valence-electron chi connectivity index (χ1n) is 13.3. The van der Waals surface area contributed by atoms with E-state index in [4.69, 9.17) is 8.92 Å². The predicted molar refractivity (Wildman–Crippen MR) is 138 cm³/mol. The Morgan fingerprint density at radius 3 is 2.16 bits per heavy atom. The molecule has 6 nitrogen and oxygen atoms in total. The fourth-order valence-corrected chi connectivity index (χ4v) is 8.11. The lowest BCUT2D eigenvalue weighted by Crippen LogP contribution is -2.55. The minimum atomic E-state index is -4.20. The summed E-state index contributed by atoms with van der Waals surface area (Å²) in [6.45, 7) is 4.54. The van der Waals surface area contributed by atoms with Crippen LogP contribution in [0.4, 0.5) is 4.39 Å². The molecule has 0 N–H and O–H groups in total. The molecule has 1 atom stereocenters. The first-order chi connectivity index (χ1) is 17.6. The van der Waals surface area contributed by atoms with Gasteiger partial charge in [0.15, 0.2) is 11.5 Å². The molecule has 0 radical (unpaired) electrons. The van der Waals surface area contributed by atoms with Gasteiger partial charge < -0.3 is 13.8 Å². The molecular formula is C29H36FNO5S. The molecule has 0 heterocycles. The van der Waals surface area contributed by atoms with Crippen molar-refractivity contribution in [1.29, 1.82) is 0 Å². The van der Waals surface area contributed by atoms with Crippen LogP contribution in [0, 0.1) is 29.0 Å². The molecule has 0 saturated heterocycles. The Balaban J connectivity index is 1.41. The lowest BCUT2D eigenvalue weighted by atomic mass is 9.49. The van der Waals surface area contributed by atoms with Crippen molar-refractivity contribution in [1.82, 2.24) is 4.90 Å². The predicted octanol–water partition coefficient (Wildman–Crippen LogP) is 5.95. The second-order valence-electron chi connectivity index (χ2n) is 11.4. The second kappa shape index (κ2) is 9.93. The van der Waals surface area contributed by atoms with Crippen LogP contribution in [0.25, 0.3) is 0 Å². The zero-order valence-corrected chi connectivity index (χ0v) is 22.6. The molecule has 4 saturated carbocycles. The molecule has 2 aromatic carbocycles. The van der Waals surface area contributed by atoms with E-state index in [2.05, 4.69) is 13.8 Å². The van der Waals surface area contributed by atoms with E-state index in [9.17, 15) is 17.6 Å². The number of nitrogens with zero attached hydrogens (tertiary/aromatic N) is 1. The van der Waals surface area contributed by atoms with Crippen LogP contribution in [-0.2, 0) is 21.5 Å². The topological polar surface area (TPSA) is 72.9 Å². The third-order valence-corrected chi connectivity index (χ3v) is 10.0. The van der Waals surface area contributed by atoms with E-state index >= 15 is 0 Å². The van der Waals surface area contributed by atoms with Gasteiger partial charge in [0.25, 0.3) is 0 Å². The van der Waals surface area contributed by atoms with Crippen LogP contribution in [0.3, 0.4) is 0 Å². The van der Waals surface area contributed by atoms with Crippen molar-refractivity contribution >= 4 is 16.0 Å².